The zero-order chi connectivity index (χ0) is 20.4. The molecule has 1 aromatic carbocycles. The number of anilines is 1. The van der Waals surface area contributed by atoms with E-state index in [9.17, 15) is 9.59 Å². The Kier molecular flexibility index (Phi) is 5.24. The maximum atomic E-state index is 12.8. The summed E-state index contributed by atoms with van der Waals surface area (Å²) < 4.78 is 5.82. The SMILES string of the molecule is CCC1Oc2ccc(-c3csc(-c4ccccn4)n3)cc2N(CC(=O)NN)C1=O. The molecule has 0 spiro atoms. The van der Waals surface area contributed by atoms with E-state index in [4.69, 9.17) is 10.6 Å². The van der Waals surface area contributed by atoms with Gasteiger partial charge in [0.15, 0.2) is 6.10 Å². The van der Waals surface area contributed by atoms with Crippen LogP contribution in [0.3, 0.4) is 0 Å². The number of hydrogen-bond acceptors (Lipinski definition) is 7. The van der Waals surface area contributed by atoms with Crippen LogP contribution in [0, 0.1) is 0 Å². The summed E-state index contributed by atoms with van der Waals surface area (Å²) >= 11 is 1.49. The summed E-state index contributed by atoms with van der Waals surface area (Å²) in [5.41, 5.74) is 4.96. The summed E-state index contributed by atoms with van der Waals surface area (Å²) in [5, 5.41) is 2.74. The van der Waals surface area contributed by atoms with E-state index >= 15 is 0 Å². The number of nitrogens with two attached hydrogens (primary N) is 1. The number of hydrazine groups is 1. The van der Waals surface area contributed by atoms with Crippen molar-refractivity contribution in [2.45, 2.75) is 19.4 Å². The van der Waals surface area contributed by atoms with E-state index in [1.807, 2.05) is 36.6 Å². The van der Waals surface area contributed by atoms with Gasteiger partial charge < -0.3 is 4.74 Å². The second-order valence-corrected chi connectivity index (χ2v) is 7.30. The van der Waals surface area contributed by atoms with Gasteiger partial charge in [-0.1, -0.05) is 13.0 Å². The van der Waals surface area contributed by atoms with Crippen molar-refractivity contribution < 1.29 is 14.3 Å². The molecule has 0 saturated carbocycles. The van der Waals surface area contributed by atoms with Gasteiger partial charge in [-0.25, -0.2) is 10.8 Å². The summed E-state index contributed by atoms with van der Waals surface area (Å²) in [5.74, 6) is 5.03. The number of ether oxygens (including phenoxy) is 1. The van der Waals surface area contributed by atoms with E-state index in [0.717, 1.165) is 22.0 Å². The van der Waals surface area contributed by atoms with Gasteiger partial charge in [0.2, 0.25) is 0 Å². The molecule has 2 amide bonds. The molecule has 0 radical (unpaired) electrons. The highest BCUT2D eigenvalue weighted by atomic mass is 32.1. The lowest BCUT2D eigenvalue weighted by Gasteiger charge is -2.33. The van der Waals surface area contributed by atoms with Crippen molar-refractivity contribution in [3.05, 3.63) is 48.0 Å². The average Bonchev–Trinajstić information content (AvgIpc) is 3.26. The standard InChI is InChI=1S/C20H19N5O3S/c1-2-16-20(27)25(10-18(26)24-21)15-9-12(6-7-17(15)28-16)14-11-29-19(23-14)13-5-3-4-8-22-13/h3-9,11,16H,2,10,21H2,1H3,(H,24,26). The molecule has 1 aliphatic heterocycles. The van der Waals surface area contributed by atoms with Crippen molar-refractivity contribution in [1.29, 1.82) is 0 Å². The van der Waals surface area contributed by atoms with Crippen molar-refractivity contribution in [3.63, 3.8) is 0 Å². The van der Waals surface area contributed by atoms with Gasteiger partial charge in [-0.2, -0.15) is 0 Å². The number of nitrogens with one attached hydrogen (secondary N) is 1. The second-order valence-electron chi connectivity index (χ2n) is 6.44. The minimum Gasteiger partial charge on any atom is -0.478 e. The highest BCUT2D eigenvalue weighted by molar-refractivity contribution is 7.13. The molecule has 2 aromatic heterocycles. The van der Waals surface area contributed by atoms with E-state index in [1.54, 1.807) is 18.3 Å². The van der Waals surface area contributed by atoms with Gasteiger partial charge in [0.05, 0.1) is 17.1 Å². The van der Waals surface area contributed by atoms with Crippen molar-refractivity contribution in [3.8, 4) is 27.7 Å². The molecule has 1 atom stereocenters. The Hall–Kier alpha value is -3.30. The lowest BCUT2D eigenvalue weighted by molar-refractivity contribution is -0.129. The highest BCUT2D eigenvalue weighted by Gasteiger charge is 2.34. The predicted octanol–water partition coefficient (Wildman–Crippen LogP) is 2.37. The third-order valence-electron chi connectivity index (χ3n) is 4.58. The number of hydrogen-bond donors (Lipinski definition) is 2. The smallest absolute Gasteiger partial charge is 0.268 e. The molecule has 0 saturated heterocycles. The first-order valence-corrected chi connectivity index (χ1v) is 9.97. The van der Waals surface area contributed by atoms with Gasteiger partial charge in [0, 0.05) is 17.1 Å². The van der Waals surface area contributed by atoms with Crippen LogP contribution in [0.2, 0.25) is 0 Å². The molecule has 1 aliphatic rings. The Morgan fingerprint density at radius 1 is 1.31 bits per heavy atom. The molecule has 148 valence electrons. The topological polar surface area (TPSA) is 110 Å². The minimum atomic E-state index is -0.631. The fourth-order valence-electron chi connectivity index (χ4n) is 3.11. The van der Waals surface area contributed by atoms with Gasteiger partial charge in [0.25, 0.3) is 11.8 Å². The Morgan fingerprint density at radius 2 is 2.17 bits per heavy atom. The first kappa shape index (κ1) is 19.0. The zero-order valence-corrected chi connectivity index (χ0v) is 16.5. The first-order chi connectivity index (χ1) is 14.1. The summed E-state index contributed by atoms with van der Waals surface area (Å²) in [6.07, 6.45) is 1.59. The number of carbonyl (C=O) groups is 2. The number of aromatic nitrogens is 2. The molecule has 3 aromatic rings. The van der Waals surface area contributed by atoms with E-state index in [1.165, 1.54) is 16.2 Å². The Labute approximate surface area is 171 Å². The monoisotopic (exact) mass is 409 g/mol. The van der Waals surface area contributed by atoms with E-state index < -0.39 is 12.0 Å². The van der Waals surface area contributed by atoms with E-state index in [0.29, 0.717) is 17.9 Å². The van der Waals surface area contributed by atoms with Crippen LogP contribution in [0.25, 0.3) is 22.0 Å². The molecule has 1 unspecified atom stereocenters. The maximum Gasteiger partial charge on any atom is 0.268 e. The lowest BCUT2D eigenvalue weighted by Crippen LogP contribution is -2.50. The van der Waals surface area contributed by atoms with Crippen LogP contribution in [0.4, 0.5) is 5.69 Å². The van der Waals surface area contributed by atoms with Crippen molar-refractivity contribution >= 4 is 28.8 Å². The summed E-state index contributed by atoms with van der Waals surface area (Å²) in [6, 6.07) is 11.2. The molecular formula is C20H19N5O3S. The van der Waals surface area contributed by atoms with Gasteiger partial charge in [-0.3, -0.25) is 24.9 Å². The molecular weight excluding hydrogens is 390 g/mol. The second kappa shape index (κ2) is 7.98. The zero-order valence-electron chi connectivity index (χ0n) is 15.7. The number of amides is 2. The summed E-state index contributed by atoms with van der Waals surface area (Å²) in [7, 11) is 0. The predicted molar refractivity (Wildman–Crippen MR) is 110 cm³/mol. The molecule has 0 bridgehead atoms. The molecule has 3 heterocycles. The fourth-order valence-corrected chi connectivity index (χ4v) is 3.91. The molecule has 0 aliphatic carbocycles. The third kappa shape index (κ3) is 3.69. The average molecular weight is 409 g/mol. The highest BCUT2D eigenvalue weighted by Crippen LogP contribution is 2.38. The van der Waals surface area contributed by atoms with Gasteiger partial charge in [-0.05, 0) is 36.8 Å². The van der Waals surface area contributed by atoms with Gasteiger partial charge >= 0.3 is 0 Å². The quantitative estimate of drug-likeness (QED) is 0.380. The number of thiazole rings is 1. The van der Waals surface area contributed by atoms with Crippen molar-refractivity contribution in [2.75, 3.05) is 11.4 Å². The molecule has 0 fully saturated rings. The summed E-state index contributed by atoms with van der Waals surface area (Å²) in [6.45, 7) is 1.68. The van der Waals surface area contributed by atoms with Crippen LogP contribution in [0.15, 0.2) is 48.0 Å². The Bertz CT molecular complexity index is 1050. The van der Waals surface area contributed by atoms with Crippen LogP contribution in [0.5, 0.6) is 5.75 Å². The molecule has 9 heteroatoms. The first-order valence-electron chi connectivity index (χ1n) is 9.09. The number of fused-ring (bicyclic) bond motifs is 1. The minimum absolute atomic E-state index is 0.179. The normalized spacial score (nSPS) is 15.6. The van der Waals surface area contributed by atoms with E-state index in [2.05, 4.69) is 15.4 Å². The van der Waals surface area contributed by atoms with Gasteiger partial charge in [-0.15, -0.1) is 11.3 Å². The molecule has 29 heavy (non-hydrogen) atoms. The fraction of sp³-hybridized carbons (Fsp3) is 0.200. The number of benzene rings is 1. The number of pyridine rings is 1. The maximum absolute atomic E-state index is 12.8. The van der Waals surface area contributed by atoms with Crippen LogP contribution in [-0.4, -0.2) is 34.4 Å². The largest absolute Gasteiger partial charge is 0.478 e. The summed E-state index contributed by atoms with van der Waals surface area (Å²) in [4.78, 5) is 35.0. The lowest BCUT2D eigenvalue weighted by atomic mass is 10.1. The Balaban J connectivity index is 1.71. The third-order valence-corrected chi connectivity index (χ3v) is 5.44. The number of rotatable bonds is 5. The molecule has 8 nitrogen and oxygen atoms in total. The molecule has 4 rings (SSSR count). The van der Waals surface area contributed by atoms with Crippen molar-refractivity contribution in [1.82, 2.24) is 15.4 Å². The number of carbonyl (C=O) groups excluding carboxylic acids is 2. The van der Waals surface area contributed by atoms with Crippen LogP contribution < -0.4 is 20.9 Å². The van der Waals surface area contributed by atoms with Gasteiger partial charge in [0.1, 0.15) is 17.3 Å². The van der Waals surface area contributed by atoms with Crippen LogP contribution >= 0.6 is 11.3 Å². The molecule has 3 N–H and O–H groups in total. The van der Waals surface area contributed by atoms with Crippen LogP contribution in [0.1, 0.15) is 13.3 Å². The van der Waals surface area contributed by atoms with E-state index in [-0.39, 0.29) is 12.5 Å². The van der Waals surface area contributed by atoms with Crippen LogP contribution in [-0.2, 0) is 9.59 Å². The van der Waals surface area contributed by atoms with Crippen molar-refractivity contribution in [2.24, 2.45) is 5.84 Å². The Morgan fingerprint density at radius 3 is 2.90 bits per heavy atom. The number of nitrogens with zero attached hydrogens (tertiary/aromatic N) is 3.